The van der Waals surface area contributed by atoms with Crippen molar-refractivity contribution in [2.24, 2.45) is 0 Å². The summed E-state index contributed by atoms with van der Waals surface area (Å²) >= 11 is 0. The molecule has 1 aromatic heterocycles. The number of aromatic nitrogens is 2. The fourth-order valence-corrected chi connectivity index (χ4v) is 7.58. The molecule has 0 radical (unpaired) electrons. The molecule has 1 aliphatic carbocycles. The summed E-state index contributed by atoms with van der Waals surface area (Å²) in [7, 11) is -1.99. The average Bonchev–Trinajstić information content (AvgIpc) is 3.66. The van der Waals surface area contributed by atoms with Gasteiger partial charge in [0, 0.05) is 49.9 Å². The molecule has 0 bridgehead atoms. The van der Waals surface area contributed by atoms with Gasteiger partial charge in [0.05, 0.1) is 60.8 Å². The largest absolute Gasteiger partial charge is 0.497 e. The zero-order valence-electron chi connectivity index (χ0n) is 21.5. The first kappa shape index (κ1) is 24.3. The van der Waals surface area contributed by atoms with E-state index in [1.807, 2.05) is 16.8 Å². The van der Waals surface area contributed by atoms with E-state index in [2.05, 4.69) is 34.1 Å². The highest BCUT2D eigenvalue weighted by atomic mass is 32.2. The van der Waals surface area contributed by atoms with Gasteiger partial charge < -0.3 is 14.2 Å². The zero-order valence-corrected chi connectivity index (χ0v) is 22.3. The van der Waals surface area contributed by atoms with Crippen LogP contribution in [0, 0.1) is 0 Å². The minimum absolute atomic E-state index is 0.0641. The van der Waals surface area contributed by atoms with Crippen molar-refractivity contribution in [3.05, 3.63) is 59.3 Å². The van der Waals surface area contributed by atoms with Gasteiger partial charge in [0.2, 0.25) is 0 Å². The Morgan fingerprint density at radius 2 is 1.84 bits per heavy atom. The van der Waals surface area contributed by atoms with E-state index in [0.29, 0.717) is 41.5 Å². The van der Waals surface area contributed by atoms with Gasteiger partial charge in [-0.1, -0.05) is 12.1 Å². The fraction of sp³-hybridized carbons (Fsp3) is 0.464. The molecule has 2 unspecified atom stereocenters. The molecule has 2 saturated heterocycles. The summed E-state index contributed by atoms with van der Waals surface area (Å²) in [6.07, 6.45) is 1.34. The van der Waals surface area contributed by atoms with Gasteiger partial charge in [0.25, 0.3) is 0 Å². The molecule has 0 spiro atoms. The zero-order chi connectivity index (χ0) is 25.9. The summed E-state index contributed by atoms with van der Waals surface area (Å²) in [5.41, 5.74) is 5.31. The van der Waals surface area contributed by atoms with Crippen molar-refractivity contribution in [2.45, 2.75) is 42.3 Å². The minimum Gasteiger partial charge on any atom is -0.497 e. The molecular weight excluding hydrogens is 504 g/mol. The average molecular weight is 537 g/mol. The van der Waals surface area contributed by atoms with Crippen molar-refractivity contribution in [3.8, 4) is 22.7 Å². The van der Waals surface area contributed by atoms with Crippen LogP contribution in [-0.4, -0.2) is 86.7 Å². The molecule has 0 amide bonds. The Morgan fingerprint density at radius 3 is 2.63 bits per heavy atom. The maximum atomic E-state index is 13.5. The number of rotatable bonds is 6. The lowest BCUT2D eigenvalue weighted by Crippen LogP contribution is -2.36. The first-order valence-electron chi connectivity index (χ1n) is 13.3. The second kappa shape index (κ2) is 9.46. The number of fused-ring (bicyclic) bond motifs is 4. The molecule has 2 aromatic carbocycles. The number of ether oxygens (including phenoxy) is 3. The van der Waals surface area contributed by atoms with E-state index < -0.39 is 9.84 Å². The summed E-state index contributed by atoms with van der Waals surface area (Å²) < 4.78 is 45.5. The molecule has 9 nitrogen and oxygen atoms in total. The standard InChI is InChI=1S/C28H32N4O5S/c1-35-21-6-7-22-27(14-21)38(33,34)18-23-24(17-31-10-13-37-26-15-25(26)31)29-32(28(22)23)20-4-2-19(3-5-20)16-30-8-11-36-12-9-30/h2-7,14,25-26H,8-13,15-18H2,1H3. The quantitative estimate of drug-likeness (QED) is 0.476. The second-order valence-electron chi connectivity index (χ2n) is 10.5. The summed E-state index contributed by atoms with van der Waals surface area (Å²) in [5.74, 6) is 0.466. The van der Waals surface area contributed by atoms with E-state index in [-0.39, 0.29) is 5.75 Å². The van der Waals surface area contributed by atoms with Gasteiger partial charge in [-0.05, 0) is 42.3 Å². The SMILES string of the molecule is COc1ccc2c(c1)S(=O)(=O)Cc1c(CN3CCOC4CC43)nn(-c3ccc(CN4CCOCC4)cc3)c1-2. The van der Waals surface area contributed by atoms with Crippen molar-refractivity contribution in [3.63, 3.8) is 0 Å². The van der Waals surface area contributed by atoms with Crippen molar-refractivity contribution < 1.29 is 22.6 Å². The topological polar surface area (TPSA) is 86.1 Å². The number of benzene rings is 2. The predicted octanol–water partition coefficient (Wildman–Crippen LogP) is 2.64. The van der Waals surface area contributed by atoms with Crippen molar-refractivity contribution in [1.82, 2.24) is 19.6 Å². The first-order chi connectivity index (χ1) is 18.5. The van der Waals surface area contributed by atoms with E-state index in [0.717, 1.165) is 68.5 Å². The van der Waals surface area contributed by atoms with Gasteiger partial charge in [-0.25, -0.2) is 13.1 Å². The lowest BCUT2D eigenvalue weighted by atomic mass is 10.0. The molecule has 10 heteroatoms. The summed E-state index contributed by atoms with van der Waals surface area (Å²) in [6.45, 7) is 6.47. The Hall–Kier alpha value is -2.76. The van der Waals surface area contributed by atoms with Crippen LogP contribution in [0.1, 0.15) is 23.2 Å². The molecular formula is C28H32N4O5S. The maximum absolute atomic E-state index is 13.5. The van der Waals surface area contributed by atoms with Crippen LogP contribution in [0.4, 0.5) is 0 Å². The highest BCUT2D eigenvalue weighted by molar-refractivity contribution is 7.90. The molecule has 3 aromatic rings. The van der Waals surface area contributed by atoms with Gasteiger partial charge in [-0.3, -0.25) is 9.80 Å². The summed E-state index contributed by atoms with van der Waals surface area (Å²) in [4.78, 5) is 5.09. The van der Waals surface area contributed by atoms with Crippen molar-refractivity contribution >= 4 is 9.84 Å². The molecule has 38 heavy (non-hydrogen) atoms. The van der Waals surface area contributed by atoms with Crippen LogP contribution in [0.25, 0.3) is 16.9 Å². The second-order valence-corrected chi connectivity index (χ2v) is 12.5. The van der Waals surface area contributed by atoms with Crippen molar-refractivity contribution in [1.29, 1.82) is 0 Å². The molecule has 1 saturated carbocycles. The molecule has 0 N–H and O–H groups in total. The third-order valence-corrected chi connectivity index (χ3v) is 9.78. The normalized spacial score (nSPS) is 24.3. The van der Waals surface area contributed by atoms with E-state index in [1.165, 1.54) is 5.56 Å². The first-order valence-corrected chi connectivity index (χ1v) is 14.9. The summed E-state index contributed by atoms with van der Waals surface area (Å²) in [5, 5.41) is 5.07. The van der Waals surface area contributed by atoms with Crippen LogP contribution in [0.15, 0.2) is 47.4 Å². The highest BCUT2D eigenvalue weighted by Gasteiger charge is 2.46. The Kier molecular flexibility index (Phi) is 6.05. The molecule has 200 valence electrons. The smallest absolute Gasteiger partial charge is 0.183 e. The minimum atomic E-state index is -3.54. The van der Waals surface area contributed by atoms with E-state index in [1.54, 1.807) is 13.2 Å². The molecule has 3 fully saturated rings. The van der Waals surface area contributed by atoms with E-state index in [9.17, 15) is 8.42 Å². The third kappa shape index (κ3) is 4.34. The maximum Gasteiger partial charge on any atom is 0.183 e. The lowest BCUT2D eigenvalue weighted by Gasteiger charge is -2.26. The van der Waals surface area contributed by atoms with Gasteiger partial charge in [-0.15, -0.1) is 0 Å². The van der Waals surface area contributed by atoms with Gasteiger partial charge in [0.1, 0.15) is 5.75 Å². The monoisotopic (exact) mass is 536 g/mol. The third-order valence-electron chi connectivity index (χ3n) is 8.10. The number of morpholine rings is 2. The lowest BCUT2D eigenvalue weighted by molar-refractivity contribution is 0.0272. The van der Waals surface area contributed by atoms with Crippen LogP contribution in [0.2, 0.25) is 0 Å². The molecule has 4 aliphatic rings. The molecule has 2 atom stereocenters. The van der Waals surface area contributed by atoms with Gasteiger partial charge in [-0.2, -0.15) is 5.10 Å². The predicted molar refractivity (Wildman–Crippen MR) is 141 cm³/mol. The molecule has 4 heterocycles. The Labute approximate surface area is 222 Å². The van der Waals surface area contributed by atoms with Gasteiger partial charge >= 0.3 is 0 Å². The number of sulfone groups is 1. The Morgan fingerprint density at radius 1 is 1.03 bits per heavy atom. The number of nitrogens with zero attached hydrogens (tertiary/aromatic N) is 4. The van der Waals surface area contributed by atoms with Crippen LogP contribution in [0.5, 0.6) is 5.75 Å². The Bertz CT molecular complexity index is 1460. The molecule has 3 aliphatic heterocycles. The van der Waals surface area contributed by atoms with Crippen LogP contribution >= 0.6 is 0 Å². The fourth-order valence-electron chi connectivity index (χ4n) is 5.95. The number of methoxy groups -OCH3 is 1. The van der Waals surface area contributed by atoms with Crippen LogP contribution in [0.3, 0.4) is 0 Å². The Balaban J connectivity index is 1.29. The van der Waals surface area contributed by atoms with E-state index in [4.69, 9.17) is 19.3 Å². The summed E-state index contributed by atoms with van der Waals surface area (Å²) in [6, 6.07) is 14.2. The van der Waals surface area contributed by atoms with Gasteiger partial charge in [0.15, 0.2) is 9.84 Å². The van der Waals surface area contributed by atoms with Crippen molar-refractivity contribution in [2.75, 3.05) is 46.6 Å². The highest BCUT2D eigenvalue weighted by Crippen LogP contribution is 2.43. The van der Waals surface area contributed by atoms with Crippen LogP contribution in [-0.2, 0) is 38.2 Å². The van der Waals surface area contributed by atoms with Crippen LogP contribution < -0.4 is 4.74 Å². The van der Waals surface area contributed by atoms with E-state index >= 15 is 0 Å². The molecule has 7 rings (SSSR count). The number of hydrogen-bond acceptors (Lipinski definition) is 8. The number of hydrogen-bond donors (Lipinski definition) is 0.